The van der Waals surface area contributed by atoms with Crippen LogP contribution in [0.4, 0.5) is 11.4 Å². The predicted octanol–water partition coefficient (Wildman–Crippen LogP) is 3.47. The number of piperazine rings is 1. The smallest absolute Gasteiger partial charge is 0.273 e. The van der Waals surface area contributed by atoms with Gasteiger partial charge >= 0.3 is 0 Å². The van der Waals surface area contributed by atoms with Gasteiger partial charge in [0, 0.05) is 44.5 Å². The molecule has 1 atom stereocenters. The molecule has 2 aromatic carbocycles. The number of rotatable bonds is 10. The van der Waals surface area contributed by atoms with Crippen molar-refractivity contribution in [2.75, 3.05) is 57.4 Å². The highest BCUT2D eigenvalue weighted by Crippen LogP contribution is 2.32. The molecule has 0 spiro atoms. The third-order valence-corrected chi connectivity index (χ3v) is 5.73. The molecule has 1 saturated heterocycles. The lowest BCUT2D eigenvalue weighted by Gasteiger charge is -2.39. The minimum Gasteiger partial charge on any atom is -0.491 e. The van der Waals surface area contributed by atoms with Crippen molar-refractivity contribution >= 4 is 11.4 Å². The van der Waals surface area contributed by atoms with E-state index in [1.165, 1.54) is 23.4 Å². The van der Waals surface area contributed by atoms with Gasteiger partial charge in [-0.2, -0.15) is 0 Å². The molecule has 1 N–H and O–H groups in total. The lowest BCUT2D eigenvalue weighted by molar-refractivity contribution is -0.384. The van der Waals surface area contributed by atoms with Gasteiger partial charge in [0.15, 0.2) is 0 Å². The summed E-state index contributed by atoms with van der Waals surface area (Å²) in [6.45, 7) is 11.7. The monoisotopic (exact) mass is 457 g/mol. The number of benzene rings is 2. The number of hydrogen-bond acceptors (Lipinski definition) is 7. The number of aliphatic hydroxyl groups is 1. The first-order valence-corrected chi connectivity index (χ1v) is 11.4. The van der Waals surface area contributed by atoms with E-state index in [9.17, 15) is 15.2 Å². The van der Waals surface area contributed by atoms with Crippen molar-refractivity contribution in [3.8, 4) is 5.75 Å². The fourth-order valence-corrected chi connectivity index (χ4v) is 4.03. The highest BCUT2D eigenvalue weighted by molar-refractivity contribution is 5.56. The van der Waals surface area contributed by atoms with E-state index in [0.717, 1.165) is 26.2 Å². The number of nitro benzene ring substituents is 1. The van der Waals surface area contributed by atoms with Crippen molar-refractivity contribution in [1.82, 2.24) is 4.90 Å². The maximum atomic E-state index is 10.8. The highest BCUT2D eigenvalue weighted by atomic mass is 16.6. The first-order valence-electron chi connectivity index (χ1n) is 11.4. The van der Waals surface area contributed by atoms with E-state index in [4.69, 9.17) is 9.47 Å². The number of hydrogen-bond donors (Lipinski definition) is 1. The summed E-state index contributed by atoms with van der Waals surface area (Å²) < 4.78 is 11.0. The summed E-state index contributed by atoms with van der Waals surface area (Å²) >= 11 is 0. The minimum atomic E-state index is -0.573. The molecule has 1 fully saturated rings. The maximum absolute atomic E-state index is 10.8. The van der Waals surface area contributed by atoms with Gasteiger partial charge in [0.2, 0.25) is 0 Å². The Morgan fingerprint density at radius 1 is 1.06 bits per heavy atom. The summed E-state index contributed by atoms with van der Waals surface area (Å²) in [5, 5.41) is 21.2. The number of non-ortho nitro benzene ring substituents is 1. The first kappa shape index (κ1) is 25.0. The lowest BCUT2D eigenvalue weighted by atomic mass is 9.85. The van der Waals surface area contributed by atoms with E-state index in [1.54, 1.807) is 12.1 Å². The molecule has 0 radical (unpaired) electrons. The Balaban J connectivity index is 1.35. The Morgan fingerprint density at radius 2 is 1.79 bits per heavy atom. The van der Waals surface area contributed by atoms with Crippen LogP contribution in [-0.4, -0.2) is 73.6 Å². The van der Waals surface area contributed by atoms with Crippen LogP contribution < -0.4 is 9.64 Å². The van der Waals surface area contributed by atoms with Crippen molar-refractivity contribution in [3.05, 3.63) is 64.2 Å². The van der Waals surface area contributed by atoms with Crippen LogP contribution >= 0.6 is 0 Å². The van der Waals surface area contributed by atoms with Gasteiger partial charge in [0.1, 0.15) is 12.4 Å². The molecule has 0 aliphatic carbocycles. The topological polar surface area (TPSA) is 88.3 Å². The largest absolute Gasteiger partial charge is 0.491 e. The first-order chi connectivity index (χ1) is 15.7. The second kappa shape index (κ2) is 11.4. The second-order valence-electron chi connectivity index (χ2n) is 9.39. The van der Waals surface area contributed by atoms with Gasteiger partial charge in [-0.1, -0.05) is 45.0 Å². The summed E-state index contributed by atoms with van der Waals surface area (Å²) in [5.41, 5.74) is 2.75. The van der Waals surface area contributed by atoms with Crippen LogP contribution in [0.15, 0.2) is 48.5 Å². The Kier molecular flexibility index (Phi) is 8.66. The SMILES string of the molecule is CC(C)(C)c1ccccc1N1CCN(CC(O)COCCOc2cccc([N+](=O)[O-])c2)CC1. The number of ether oxygens (including phenoxy) is 2. The number of aliphatic hydroxyl groups excluding tert-OH is 1. The summed E-state index contributed by atoms with van der Waals surface area (Å²) in [5.74, 6) is 0.430. The zero-order chi connectivity index (χ0) is 23.8. The average Bonchev–Trinajstić information content (AvgIpc) is 2.79. The van der Waals surface area contributed by atoms with Gasteiger partial charge in [0.05, 0.1) is 30.3 Å². The predicted molar refractivity (Wildman–Crippen MR) is 129 cm³/mol. The fraction of sp³-hybridized carbons (Fsp3) is 0.520. The summed E-state index contributed by atoms with van der Waals surface area (Å²) in [6, 6.07) is 14.7. The third-order valence-electron chi connectivity index (χ3n) is 5.73. The van der Waals surface area contributed by atoms with Crippen molar-refractivity contribution in [1.29, 1.82) is 0 Å². The molecule has 1 aliphatic rings. The minimum absolute atomic E-state index is 0.00849. The van der Waals surface area contributed by atoms with Crippen molar-refractivity contribution in [2.45, 2.75) is 32.3 Å². The van der Waals surface area contributed by atoms with Crippen LogP contribution in [0.1, 0.15) is 26.3 Å². The Bertz CT molecular complexity index is 907. The van der Waals surface area contributed by atoms with Crippen LogP contribution in [0.3, 0.4) is 0 Å². The molecule has 0 amide bonds. The zero-order valence-electron chi connectivity index (χ0n) is 19.8. The molecule has 33 heavy (non-hydrogen) atoms. The highest BCUT2D eigenvalue weighted by Gasteiger charge is 2.24. The van der Waals surface area contributed by atoms with Crippen LogP contribution in [0, 0.1) is 10.1 Å². The van der Waals surface area contributed by atoms with E-state index in [0.29, 0.717) is 18.9 Å². The van der Waals surface area contributed by atoms with Gasteiger partial charge in [-0.25, -0.2) is 0 Å². The average molecular weight is 458 g/mol. The van der Waals surface area contributed by atoms with Gasteiger partial charge in [-0.3, -0.25) is 15.0 Å². The molecule has 3 rings (SSSR count). The Morgan fingerprint density at radius 3 is 2.48 bits per heavy atom. The molecule has 0 aromatic heterocycles. The number of β-amino-alcohol motifs (C(OH)–C–C–N with tert-alkyl or cyclic N) is 1. The number of nitro groups is 1. The summed E-state index contributed by atoms with van der Waals surface area (Å²) in [6.07, 6.45) is -0.573. The number of nitrogens with zero attached hydrogens (tertiary/aromatic N) is 3. The van der Waals surface area contributed by atoms with E-state index >= 15 is 0 Å². The van der Waals surface area contributed by atoms with Crippen molar-refractivity contribution in [3.63, 3.8) is 0 Å². The molecule has 180 valence electrons. The zero-order valence-corrected chi connectivity index (χ0v) is 19.8. The van der Waals surface area contributed by atoms with Gasteiger partial charge in [-0.15, -0.1) is 0 Å². The molecular formula is C25H35N3O5. The summed E-state index contributed by atoms with van der Waals surface area (Å²) in [4.78, 5) is 15.1. The molecule has 1 unspecified atom stereocenters. The van der Waals surface area contributed by atoms with E-state index in [1.807, 2.05) is 0 Å². The van der Waals surface area contributed by atoms with Gasteiger partial charge in [0.25, 0.3) is 5.69 Å². The van der Waals surface area contributed by atoms with E-state index in [-0.39, 0.29) is 24.3 Å². The van der Waals surface area contributed by atoms with E-state index < -0.39 is 11.0 Å². The van der Waals surface area contributed by atoms with Gasteiger partial charge in [-0.05, 0) is 23.1 Å². The van der Waals surface area contributed by atoms with Crippen LogP contribution in [0.2, 0.25) is 0 Å². The number of anilines is 1. The number of para-hydroxylation sites is 1. The molecule has 1 heterocycles. The molecule has 2 aromatic rings. The molecular weight excluding hydrogens is 422 g/mol. The van der Waals surface area contributed by atoms with Crippen molar-refractivity contribution < 1.29 is 19.5 Å². The molecule has 8 heteroatoms. The van der Waals surface area contributed by atoms with Gasteiger partial charge < -0.3 is 19.5 Å². The Hall–Kier alpha value is -2.68. The third kappa shape index (κ3) is 7.42. The lowest BCUT2D eigenvalue weighted by Crippen LogP contribution is -2.49. The second-order valence-corrected chi connectivity index (χ2v) is 9.39. The summed E-state index contributed by atoms with van der Waals surface area (Å²) in [7, 11) is 0. The quantitative estimate of drug-likeness (QED) is 0.332. The van der Waals surface area contributed by atoms with Crippen LogP contribution in [-0.2, 0) is 10.2 Å². The Labute approximate surface area is 195 Å². The standard InChI is InChI=1S/C25H35N3O5/c1-25(2,3)23-9-4-5-10-24(23)27-13-11-26(12-14-27)18-21(29)19-32-15-16-33-22-8-6-7-20(17-22)28(30)31/h4-10,17,21,29H,11-16,18-19H2,1-3H3. The van der Waals surface area contributed by atoms with E-state index in [2.05, 4.69) is 54.8 Å². The molecule has 8 nitrogen and oxygen atoms in total. The molecule has 1 aliphatic heterocycles. The normalized spacial score (nSPS) is 15.9. The van der Waals surface area contributed by atoms with Crippen LogP contribution in [0.5, 0.6) is 5.75 Å². The molecule has 0 saturated carbocycles. The van der Waals surface area contributed by atoms with Crippen molar-refractivity contribution in [2.24, 2.45) is 0 Å². The van der Waals surface area contributed by atoms with Crippen LogP contribution in [0.25, 0.3) is 0 Å². The molecule has 0 bridgehead atoms. The maximum Gasteiger partial charge on any atom is 0.273 e. The fourth-order valence-electron chi connectivity index (χ4n) is 4.03.